The van der Waals surface area contributed by atoms with Crippen molar-refractivity contribution < 1.29 is 9.53 Å². The molecule has 0 aromatic carbocycles. The molecule has 92 valence electrons. The number of rotatable bonds is 1. The zero-order valence-electron chi connectivity index (χ0n) is 11.0. The average molecular weight is 248 g/mol. The molecule has 0 radical (unpaired) electrons. The number of ether oxygens (including phenoxy) is 1. The molecule has 3 atom stereocenters. The van der Waals surface area contributed by atoms with E-state index in [0.717, 1.165) is 6.42 Å². The first kappa shape index (κ1) is 12.6. The van der Waals surface area contributed by atoms with Gasteiger partial charge in [-0.05, 0) is 12.0 Å². The van der Waals surface area contributed by atoms with Gasteiger partial charge in [-0.25, -0.2) is 0 Å². The number of fused-ring (bicyclic) bond motifs is 2. The number of Topliss-reactive ketones (excluding diaryl/α,β-unsaturated/α-hetero) is 1. The Hall–Kier alpha value is -0.853. The van der Waals surface area contributed by atoms with Crippen LogP contribution in [0, 0.1) is 17.4 Å². The van der Waals surface area contributed by atoms with Gasteiger partial charge in [0.25, 0.3) is 0 Å². The van der Waals surface area contributed by atoms with E-state index in [9.17, 15) is 4.79 Å². The Morgan fingerprint density at radius 3 is 2.88 bits per heavy atom. The van der Waals surface area contributed by atoms with Gasteiger partial charge in [0, 0.05) is 12.8 Å². The van der Waals surface area contributed by atoms with Crippen molar-refractivity contribution in [3.05, 3.63) is 12.2 Å². The molecule has 0 spiro atoms. The van der Waals surface area contributed by atoms with Gasteiger partial charge in [0.2, 0.25) is 0 Å². The summed E-state index contributed by atoms with van der Waals surface area (Å²) in [7, 11) is -1.32. The molecule has 0 aliphatic carbocycles. The lowest BCUT2D eigenvalue weighted by Crippen LogP contribution is -2.44. The molecule has 2 nitrogen and oxygen atoms in total. The fourth-order valence-corrected chi connectivity index (χ4v) is 2.95. The SMILES string of the molecule is CC1CC(=O)C2C=CC1(CC#C[Si](C)(C)C)O2. The summed E-state index contributed by atoms with van der Waals surface area (Å²) < 4.78 is 5.88. The lowest BCUT2D eigenvalue weighted by Gasteiger charge is -2.37. The predicted octanol–water partition coefficient (Wildman–Crippen LogP) is 2.56. The first-order valence-corrected chi connectivity index (χ1v) is 9.72. The normalized spacial score (nSPS) is 35.6. The largest absolute Gasteiger partial charge is 0.355 e. The second kappa shape index (κ2) is 4.11. The van der Waals surface area contributed by atoms with E-state index in [4.69, 9.17) is 4.74 Å². The summed E-state index contributed by atoms with van der Waals surface area (Å²) >= 11 is 0. The van der Waals surface area contributed by atoms with Crippen LogP contribution in [-0.2, 0) is 9.53 Å². The van der Waals surface area contributed by atoms with Gasteiger partial charge in [-0.3, -0.25) is 4.79 Å². The van der Waals surface area contributed by atoms with Gasteiger partial charge >= 0.3 is 0 Å². The monoisotopic (exact) mass is 248 g/mol. The van der Waals surface area contributed by atoms with E-state index in [1.54, 1.807) is 0 Å². The minimum absolute atomic E-state index is 0.208. The van der Waals surface area contributed by atoms with Crippen molar-refractivity contribution >= 4 is 13.9 Å². The van der Waals surface area contributed by atoms with E-state index in [2.05, 4.69) is 44.1 Å². The first-order valence-electron chi connectivity index (χ1n) is 6.22. The van der Waals surface area contributed by atoms with Crippen molar-refractivity contribution in [2.45, 2.75) is 51.1 Å². The van der Waals surface area contributed by atoms with Gasteiger partial charge in [0.05, 0.1) is 0 Å². The molecular weight excluding hydrogens is 228 g/mol. The zero-order valence-corrected chi connectivity index (χ0v) is 12.0. The van der Waals surface area contributed by atoms with E-state index in [1.165, 1.54) is 0 Å². The first-order chi connectivity index (χ1) is 7.82. The lowest BCUT2D eigenvalue weighted by atomic mass is 9.82. The molecule has 17 heavy (non-hydrogen) atoms. The van der Waals surface area contributed by atoms with Gasteiger partial charge < -0.3 is 4.74 Å². The van der Waals surface area contributed by atoms with Crippen molar-refractivity contribution in [1.29, 1.82) is 0 Å². The molecule has 2 rings (SSSR count). The molecule has 3 heteroatoms. The molecular formula is C14H20O2Si. The maximum Gasteiger partial charge on any atom is 0.165 e. The van der Waals surface area contributed by atoms with Crippen LogP contribution in [0.4, 0.5) is 0 Å². The predicted molar refractivity (Wildman–Crippen MR) is 71.3 cm³/mol. The van der Waals surface area contributed by atoms with Crippen molar-refractivity contribution in [3.8, 4) is 11.5 Å². The Morgan fingerprint density at radius 1 is 1.53 bits per heavy atom. The highest BCUT2D eigenvalue weighted by Crippen LogP contribution is 2.40. The number of carbonyl (C=O) groups excluding carboxylic acids is 1. The Labute approximate surface area is 104 Å². The summed E-state index contributed by atoms with van der Waals surface area (Å²) in [6.45, 7) is 8.79. The molecule has 2 heterocycles. The number of hydrogen-bond donors (Lipinski definition) is 0. The average Bonchev–Trinajstić information content (AvgIpc) is 2.56. The van der Waals surface area contributed by atoms with Crippen molar-refractivity contribution in [2.75, 3.05) is 0 Å². The number of carbonyl (C=O) groups is 1. The summed E-state index contributed by atoms with van der Waals surface area (Å²) in [4.78, 5) is 11.6. The highest BCUT2D eigenvalue weighted by Gasteiger charge is 2.47. The summed E-state index contributed by atoms with van der Waals surface area (Å²) in [5.74, 6) is 3.73. The number of hydrogen-bond acceptors (Lipinski definition) is 2. The van der Waals surface area contributed by atoms with E-state index in [1.807, 2.05) is 6.08 Å². The smallest absolute Gasteiger partial charge is 0.165 e. The summed E-state index contributed by atoms with van der Waals surface area (Å²) in [5.41, 5.74) is 3.07. The maximum absolute atomic E-state index is 11.6. The maximum atomic E-state index is 11.6. The Balaban J connectivity index is 2.13. The van der Waals surface area contributed by atoms with E-state index >= 15 is 0 Å². The quantitative estimate of drug-likeness (QED) is 0.405. The third-order valence-electron chi connectivity index (χ3n) is 3.39. The number of ketones is 1. The highest BCUT2D eigenvalue weighted by atomic mass is 28.3. The van der Waals surface area contributed by atoms with E-state index in [-0.39, 0.29) is 23.4 Å². The van der Waals surface area contributed by atoms with Crippen LogP contribution in [0.2, 0.25) is 19.6 Å². The van der Waals surface area contributed by atoms with Crippen molar-refractivity contribution in [2.24, 2.45) is 5.92 Å². The molecule has 0 N–H and O–H groups in total. The zero-order chi connectivity index (χ0) is 12.7. The minimum atomic E-state index is -1.32. The fourth-order valence-electron chi connectivity index (χ4n) is 2.33. The molecule has 1 saturated heterocycles. The van der Waals surface area contributed by atoms with Gasteiger partial charge in [-0.1, -0.05) is 32.6 Å². The highest BCUT2D eigenvalue weighted by molar-refractivity contribution is 6.83. The Bertz CT molecular complexity index is 422. The molecule has 2 bridgehead atoms. The van der Waals surface area contributed by atoms with Crippen LogP contribution in [0.15, 0.2) is 12.2 Å². The third kappa shape index (κ3) is 2.53. The molecule has 2 aliphatic rings. The van der Waals surface area contributed by atoms with Gasteiger partial charge in [0.15, 0.2) is 5.78 Å². The summed E-state index contributed by atoms with van der Waals surface area (Å²) in [5, 5.41) is 0. The van der Waals surface area contributed by atoms with Crippen LogP contribution < -0.4 is 0 Å². The molecule has 0 amide bonds. The van der Waals surface area contributed by atoms with Crippen LogP contribution in [0.3, 0.4) is 0 Å². The third-order valence-corrected chi connectivity index (χ3v) is 4.31. The van der Waals surface area contributed by atoms with Gasteiger partial charge in [-0.2, -0.15) is 0 Å². The lowest BCUT2D eigenvalue weighted by molar-refractivity contribution is -0.149. The second-order valence-corrected chi connectivity index (χ2v) is 10.9. The molecule has 0 saturated carbocycles. The Kier molecular flexibility index (Phi) is 3.05. The molecule has 2 aliphatic heterocycles. The van der Waals surface area contributed by atoms with Crippen LogP contribution >= 0.6 is 0 Å². The molecule has 1 fully saturated rings. The summed E-state index contributed by atoms with van der Waals surface area (Å²) in [6, 6.07) is 0. The van der Waals surface area contributed by atoms with Gasteiger partial charge in [-0.15, -0.1) is 11.5 Å². The van der Waals surface area contributed by atoms with E-state index < -0.39 is 8.07 Å². The molecule has 0 aromatic rings. The summed E-state index contributed by atoms with van der Waals surface area (Å²) in [6.07, 6.45) is 5.00. The van der Waals surface area contributed by atoms with Crippen LogP contribution in [-0.4, -0.2) is 25.6 Å². The van der Waals surface area contributed by atoms with Crippen molar-refractivity contribution in [1.82, 2.24) is 0 Å². The van der Waals surface area contributed by atoms with Gasteiger partial charge in [0.1, 0.15) is 19.8 Å². The second-order valence-electron chi connectivity index (χ2n) is 6.15. The fraction of sp³-hybridized carbons (Fsp3) is 0.643. The molecule has 0 aromatic heterocycles. The minimum Gasteiger partial charge on any atom is -0.355 e. The van der Waals surface area contributed by atoms with Crippen LogP contribution in [0.5, 0.6) is 0 Å². The topological polar surface area (TPSA) is 26.3 Å². The van der Waals surface area contributed by atoms with Crippen molar-refractivity contribution in [3.63, 3.8) is 0 Å². The standard InChI is InChI=1S/C14H20O2Si/c1-11-10-12(15)13-6-8-14(11,16-13)7-5-9-17(2,3)4/h6,8,11,13H,7,10H2,1-4H3. The van der Waals surface area contributed by atoms with Crippen LogP contribution in [0.1, 0.15) is 19.8 Å². The Morgan fingerprint density at radius 2 is 2.24 bits per heavy atom. The molecule has 3 unspecified atom stereocenters. The van der Waals surface area contributed by atoms with Crippen LogP contribution in [0.25, 0.3) is 0 Å². The van der Waals surface area contributed by atoms with E-state index in [0.29, 0.717) is 6.42 Å².